The molecule has 0 bridgehead atoms. The first-order valence-electron chi connectivity index (χ1n) is 10.3. The second-order valence-corrected chi connectivity index (χ2v) is 7.92. The van der Waals surface area contributed by atoms with E-state index in [0.29, 0.717) is 22.5 Å². The van der Waals surface area contributed by atoms with Crippen molar-refractivity contribution in [3.8, 4) is 11.1 Å². The van der Waals surface area contributed by atoms with Gasteiger partial charge in [0.25, 0.3) is 5.56 Å². The number of benzene rings is 2. The molecule has 4 aromatic rings. The molecule has 0 aliphatic heterocycles. The van der Waals surface area contributed by atoms with Gasteiger partial charge in [-0.05, 0) is 56.2 Å². The van der Waals surface area contributed by atoms with Crippen LogP contribution in [0.2, 0.25) is 0 Å². The zero-order chi connectivity index (χ0) is 23.9. The maximum Gasteiger partial charge on any atom is 0.341 e. The first-order chi connectivity index (χ1) is 15.7. The van der Waals surface area contributed by atoms with Gasteiger partial charge in [-0.1, -0.05) is 18.2 Å². The van der Waals surface area contributed by atoms with Gasteiger partial charge in [-0.25, -0.2) is 9.18 Å². The number of aromatic nitrogens is 1. The number of pyridine rings is 1. The molecule has 0 atom stereocenters. The fraction of sp³-hybridized carbons (Fsp3) is 0.160. The van der Waals surface area contributed by atoms with Crippen molar-refractivity contribution in [2.24, 2.45) is 0 Å². The Morgan fingerprint density at radius 2 is 1.82 bits per heavy atom. The number of aromatic amines is 1. The van der Waals surface area contributed by atoms with Gasteiger partial charge in [0.05, 0.1) is 16.9 Å². The summed E-state index contributed by atoms with van der Waals surface area (Å²) in [6.07, 6.45) is 0. The number of carbonyl (C=O) groups excluding carboxylic acids is 1. The third-order valence-electron chi connectivity index (χ3n) is 5.34. The lowest BCUT2D eigenvalue weighted by Gasteiger charge is -2.16. The van der Waals surface area contributed by atoms with Crippen molar-refractivity contribution in [1.29, 1.82) is 0 Å². The molecule has 0 fully saturated rings. The Morgan fingerprint density at radius 3 is 2.52 bits per heavy atom. The molecule has 4 rings (SSSR count). The molecule has 0 spiro atoms. The van der Waals surface area contributed by atoms with Gasteiger partial charge < -0.3 is 20.0 Å². The fourth-order valence-electron chi connectivity index (χ4n) is 3.80. The monoisotopic (exact) mass is 447 g/mol. The lowest BCUT2D eigenvalue weighted by atomic mass is 10.00. The number of rotatable bonds is 4. The van der Waals surface area contributed by atoms with Gasteiger partial charge in [-0.3, -0.25) is 9.59 Å². The minimum Gasteiger partial charge on any atom is -0.421 e. The summed E-state index contributed by atoms with van der Waals surface area (Å²) in [4.78, 5) is 40.0. The highest BCUT2D eigenvalue weighted by atomic mass is 19.1. The minimum atomic E-state index is -0.651. The molecule has 0 saturated heterocycles. The minimum absolute atomic E-state index is 0.0712. The number of aryl methyl sites for hydroxylation is 2. The molecule has 33 heavy (non-hydrogen) atoms. The van der Waals surface area contributed by atoms with E-state index in [0.717, 1.165) is 5.56 Å². The van der Waals surface area contributed by atoms with Crippen LogP contribution < -0.4 is 21.8 Å². The molecule has 0 aliphatic carbocycles. The van der Waals surface area contributed by atoms with Crippen LogP contribution in [0.3, 0.4) is 0 Å². The Morgan fingerprint density at radius 1 is 1.06 bits per heavy atom. The summed E-state index contributed by atoms with van der Waals surface area (Å²) in [5.74, 6) is -0.744. The smallest absolute Gasteiger partial charge is 0.341 e. The predicted octanol–water partition coefficient (Wildman–Crippen LogP) is 4.91. The van der Waals surface area contributed by atoms with Crippen molar-refractivity contribution in [2.45, 2.75) is 27.7 Å². The number of anilines is 3. The second kappa shape index (κ2) is 8.38. The summed E-state index contributed by atoms with van der Waals surface area (Å²) in [6, 6.07) is 11.6. The van der Waals surface area contributed by atoms with Gasteiger partial charge >= 0.3 is 5.63 Å². The predicted molar refractivity (Wildman–Crippen MR) is 127 cm³/mol. The van der Waals surface area contributed by atoms with Crippen LogP contribution in [0.25, 0.3) is 22.1 Å². The normalized spacial score (nSPS) is 10.9. The Balaban J connectivity index is 2.01. The SMILES string of the molecule is CC(=O)Nc1cccc(-c2c(C)[nH]c(=O)c3c(Nc4ccc(C)cc4F)c(C)c(=O)oc23)c1. The fourth-order valence-corrected chi connectivity index (χ4v) is 3.80. The maximum absolute atomic E-state index is 14.5. The number of hydrogen-bond donors (Lipinski definition) is 3. The largest absolute Gasteiger partial charge is 0.421 e. The highest BCUT2D eigenvalue weighted by molar-refractivity contribution is 6.01. The van der Waals surface area contributed by atoms with Gasteiger partial charge in [0.15, 0.2) is 5.58 Å². The molecule has 0 unspecified atom stereocenters. The van der Waals surface area contributed by atoms with Crippen LogP contribution in [-0.4, -0.2) is 10.9 Å². The number of hydrogen-bond acceptors (Lipinski definition) is 5. The summed E-state index contributed by atoms with van der Waals surface area (Å²) in [5.41, 5.74) is 2.27. The number of fused-ring (bicyclic) bond motifs is 1. The number of halogens is 1. The van der Waals surface area contributed by atoms with Crippen LogP contribution in [-0.2, 0) is 4.79 Å². The summed E-state index contributed by atoms with van der Waals surface area (Å²) >= 11 is 0. The number of carbonyl (C=O) groups is 1. The van der Waals surface area contributed by atoms with Gasteiger partial charge in [0, 0.05) is 23.9 Å². The molecule has 2 aromatic heterocycles. The molecule has 3 N–H and O–H groups in total. The topological polar surface area (TPSA) is 104 Å². The molecule has 0 saturated carbocycles. The van der Waals surface area contributed by atoms with Crippen LogP contribution in [0.1, 0.15) is 23.7 Å². The van der Waals surface area contributed by atoms with Crippen molar-refractivity contribution in [3.05, 3.63) is 85.9 Å². The van der Waals surface area contributed by atoms with Crippen LogP contribution in [0.4, 0.5) is 21.5 Å². The van der Waals surface area contributed by atoms with Gasteiger partial charge in [-0.15, -0.1) is 0 Å². The highest BCUT2D eigenvalue weighted by Crippen LogP contribution is 2.35. The van der Waals surface area contributed by atoms with Crippen molar-refractivity contribution in [3.63, 3.8) is 0 Å². The van der Waals surface area contributed by atoms with Gasteiger partial charge in [0.2, 0.25) is 5.91 Å². The molecule has 7 nitrogen and oxygen atoms in total. The Labute approximate surface area is 188 Å². The van der Waals surface area contributed by atoms with Crippen LogP contribution in [0.5, 0.6) is 0 Å². The molecule has 168 valence electrons. The quantitative estimate of drug-likeness (QED) is 0.412. The molecule has 0 aliphatic rings. The lowest BCUT2D eigenvalue weighted by Crippen LogP contribution is -2.17. The third kappa shape index (κ3) is 4.15. The average Bonchev–Trinajstić information content (AvgIpc) is 2.72. The van der Waals surface area contributed by atoms with E-state index in [1.54, 1.807) is 50.2 Å². The molecule has 1 amide bonds. The second-order valence-electron chi connectivity index (χ2n) is 7.92. The molecular formula is C25H22FN3O4. The van der Waals surface area contributed by atoms with Crippen molar-refractivity contribution >= 4 is 33.9 Å². The number of H-pyrrole nitrogens is 1. The summed E-state index contributed by atoms with van der Waals surface area (Å²) < 4.78 is 20.1. The van der Waals surface area contributed by atoms with Gasteiger partial charge in [-0.2, -0.15) is 0 Å². The molecule has 2 heterocycles. The van der Waals surface area contributed by atoms with Crippen LogP contribution in [0.15, 0.2) is 56.5 Å². The highest BCUT2D eigenvalue weighted by Gasteiger charge is 2.21. The average molecular weight is 447 g/mol. The van der Waals surface area contributed by atoms with E-state index < -0.39 is 17.0 Å². The van der Waals surface area contributed by atoms with E-state index in [4.69, 9.17) is 4.42 Å². The van der Waals surface area contributed by atoms with Crippen molar-refractivity contribution < 1.29 is 13.6 Å². The van der Waals surface area contributed by atoms with E-state index in [2.05, 4.69) is 15.6 Å². The summed E-state index contributed by atoms with van der Waals surface area (Å²) in [7, 11) is 0. The van der Waals surface area contributed by atoms with E-state index >= 15 is 0 Å². The van der Waals surface area contributed by atoms with Gasteiger partial charge in [0.1, 0.15) is 11.2 Å². The first-order valence-corrected chi connectivity index (χ1v) is 10.3. The van der Waals surface area contributed by atoms with E-state index in [-0.39, 0.29) is 33.8 Å². The standard InChI is InChI=1S/C25H22FN3O4/c1-12-8-9-19(18(26)10-12)29-22-13(2)25(32)33-23-20(14(3)27-24(31)21(22)23)16-6-5-7-17(11-16)28-15(4)30/h5-11,29H,1-4H3,(H,27,31)(H,28,30). The van der Waals surface area contributed by atoms with E-state index in [9.17, 15) is 18.8 Å². The van der Waals surface area contributed by atoms with Crippen LogP contribution >= 0.6 is 0 Å². The van der Waals surface area contributed by atoms with Crippen molar-refractivity contribution in [1.82, 2.24) is 4.98 Å². The zero-order valence-electron chi connectivity index (χ0n) is 18.6. The lowest BCUT2D eigenvalue weighted by molar-refractivity contribution is -0.114. The summed E-state index contributed by atoms with van der Waals surface area (Å²) in [6.45, 7) is 6.36. The number of nitrogens with one attached hydrogen (secondary N) is 3. The molecular weight excluding hydrogens is 425 g/mol. The Bertz CT molecular complexity index is 1540. The Kier molecular flexibility index (Phi) is 5.59. The first kappa shape index (κ1) is 22.0. The maximum atomic E-state index is 14.5. The summed E-state index contributed by atoms with van der Waals surface area (Å²) in [5, 5.41) is 5.72. The third-order valence-corrected chi connectivity index (χ3v) is 5.34. The van der Waals surface area contributed by atoms with E-state index in [1.165, 1.54) is 19.9 Å². The molecule has 0 radical (unpaired) electrons. The van der Waals surface area contributed by atoms with Crippen molar-refractivity contribution in [2.75, 3.05) is 10.6 Å². The Hall–Kier alpha value is -4.20. The van der Waals surface area contributed by atoms with Crippen LogP contribution in [0, 0.1) is 26.6 Å². The molecule has 2 aromatic carbocycles. The zero-order valence-corrected chi connectivity index (χ0v) is 18.6. The van der Waals surface area contributed by atoms with E-state index in [1.807, 2.05) is 0 Å². The number of amides is 1. The molecule has 8 heteroatoms.